The Hall–Kier alpha value is -3.68. The Labute approximate surface area is 147 Å². The Morgan fingerprint density at radius 3 is 2.62 bits per heavy atom. The zero-order chi connectivity index (χ0) is 18.7. The molecular formula is C18H16N4O4. The molecular weight excluding hydrogens is 336 g/mol. The van der Waals surface area contributed by atoms with Gasteiger partial charge in [-0.05, 0) is 30.3 Å². The maximum absolute atomic E-state index is 12.2. The van der Waals surface area contributed by atoms with E-state index in [2.05, 4.69) is 10.3 Å². The minimum Gasteiger partial charge on any atom is -0.366 e. The zero-order valence-electron chi connectivity index (χ0n) is 13.7. The fourth-order valence-electron chi connectivity index (χ4n) is 2.65. The van der Waals surface area contributed by atoms with Gasteiger partial charge in [0, 0.05) is 24.2 Å². The first-order chi connectivity index (χ1) is 12.5. The van der Waals surface area contributed by atoms with Crippen LogP contribution in [-0.4, -0.2) is 21.4 Å². The predicted octanol–water partition coefficient (Wildman–Crippen LogP) is 0.817. The molecule has 3 rings (SSSR count). The number of carbonyl (C=O) groups excluding carboxylic acids is 2. The van der Waals surface area contributed by atoms with E-state index < -0.39 is 17.2 Å². The molecule has 0 saturated carbocycles. The number of para-hydroxylation sites is 1. The van der Waals surface area contributed by atoms with Crippen LogP contribution in [0.2, 0.25) is 0 Å². The van der Waals surface area contributed by atoms with Crippen LogP contribution in [0.25, 0.3) is 10.9 Å². The van der Waals surface area contributed by atoms with Crippen molar-refractivity contribution in [1.82, 2.24) is 9.55 Å². The molecule has 2 aromatic carbocycles. The summed E-state index contributed by atoms with van der Waals surface area (Å²) in [6.07, 6.45) is 0.0107. The summed E-state index contributed by atoms with van der Waals surface area (Å²) in [7, 11) is 0. The number of amides is 2. The van der Waals surface area contributed by atoms with Crippen LogP contribution >= 0.6 is 0 Å². The lowest BCUT2D eigenvalue weighted by Crippen LogP contribution is -2.31. The number of benzene rings is 2. The summed E-state index contributed by atoms with van der Waals surface area (Å²) in [5.74, 6) is -0.929. The van der Waals surface area contributed by atoms with Crippen molar-refractivity contribution in [2.75, 3.05) is 5.32 Å². The highest BCUT2D eigenvalue weighted by Crippen LogP contribution is 2.11. The number of nitrogens with two attached hydrogens (primary N) is 1. The van der Waals surface area contributed by atoms with Gasteiger partial charge in [-0.2, -0.15) is 0 Å². The summed E-state index contributed by atoms with van der Waals surface area (Å²) >= 11 is 0. The number of primary amides is 1. The third-order valence-electron chi connectivity index (χ3n) is 3.90. The molecule has 3 aromatic rings. The van der Waals surface area contributed by atoms with E-state index in [1.54, 1.807) is 42.5 Å². The summed E-state index contributed by atoms with van der Waals surface area (Å²) in [6, 6.07) is 12.9. The van der Waals surface area contributed by atoms with Crippen LogP contribution in [0.4, 0.5) is 5.69 Å². The molecule has 8 heteroatoms. The van der Waals surface area contributed by atoms with E-state index in [0.717, 1.165) is 0 Å². The van der Waals surface area contributed by atoms with Gasteiger partial charge in [0.15, 0.2) is 0 Å². The number of nitrogens with zero attached hydrogens (tertiary/aromatic N) is 1. The molecule has 0 saturated heterocycles. The Morgan fingerprint density at radius 1 is 1.08 bits per heavy atom. The number of rotatable bonds is 5. The lowest BCUT2D eigenvalue weighted by atomic mass is 10.2. The van der Waals surface area contributed by atoms with Crippen molar-refractivity contribution in [1.29, 1.82) is 0 Å². The van der Waals surface area contributed by atoms with E-state index in [4.69, 9.17) is 5.73 Å². The molecule has 26 heavy (non-hydrogen) atoms. The number of aromatic amines is 1. The smallest absolute Gasteiger partial charge is 0.328 e. The van der Waals surface area contributed by atoms with Crippen LogP contribution in [0, 0.1) is 0 Å². The molecule has 132 valence electrons. The highest BCUT2D eigenvalue weighted by molar-refractivity contribution is 5.96. The van der Waals surface area contributed by atoms with Gasteiger partial charge in [0.1, 0.15) is 0 Å². The number of aryl methyl sites for hydroxylation is 1. The molecule has 1 aromatic heterocycles. The van der Waals surface area contributed by atoms with Crippen molar-refractivity contribution in [3.8, 4) is 0 Å². The van der Waals surface area contributed by atoms with E-state index in [1.807, 2.05) is 0 Å². The maximum atomic E-state index is 12.2. The predicted molar refractivity (Wildman–Crippen MR) is 97.0 cm³/mol. The third-order valence-corrected chi connectivity index (χ3v) is 3.90. The van der Waals surface area contributed by atoms with Gasteiger partial charge < -0.3 is 11.1 Å². The van der Waals surface area contributed by atoms with Gasteiger partial charge in [-0.25, -0.2) is 4.79 Å². The van der Waals surface area contributed by atoms with Crippen molar-refractivity contribution in [2.24, 2.45) is 5.73 Å². The number of anilines is 1. The van der Waals surface area contributed by atoms with Crippen molar-refractivity contribution in [3.05, 3.63) is 74.9 Å². The largest absolute Gasteiger partial charge is 0.366 e. The van der Waals surface area contributed by atoms with Gasteiger partial charge in [-0.3, -0.25) is 23.9 Å². The van der Waals surface area contributed by atoms with E-state index in [-0.39, 0.29) is 24.4 Å². The van der Waals surface area contributed by atoms with Crippen LogP contribution in [0.3, 0.4) is 0 Å². The SMILES string of the molecule is NC(=O)c1cccc(NC(=O)CCn2c(=O)[nH]c(=O)c3ccccc32)c1. The van der Waals surface area contributed by atoms with Gasteiger partial charge in [0.05, 0.1) is 10.9 Å². The number of fused-ring (bicyclic) bond motifs is 1. The summed E-state index contributed by atoms with van der Waals surface area (Å²) in [4.78, 5) is 49.5. The summed E-state index contributed by atoms with van der Waals surface area (Å²) in [5.41, 5.74) is 5.36. The molecule has 2 amide bonds. The highest BCUT2D eigenvalue weighted by atomic mass is 16.2. The first-order valence-electron chi connectivity index (χ1n) is 7.87. The molecule has 0 atom stereocenters. The molecule has 0 fully saturated rings. The standard InChI is InChI=1S/C18H16N4O4/c19-16(24)11-4-3-5-12(10-11)20-15(23)8-9-22-14-7-2-1-6-13(14)17(25)21-18(22)26/h1-7,10H,8-9H2,(H2,19,24)(H,20,23)(H,21,25,26). The van der Waals surface area contributed by atoms with Crippen molar-refractivity contribution in [2.45, 2.75) is 13.0 Å². The average molecular weight is 352 g/mol. The molecule has 0 spiro atoms. The summed E-state index contributed by atoms with van der Waals surface area (Å²) in [6.45, 7) is 0.0947. The lowest BCUT2D eigenvalue weighted by Gasteiger charge is -2.10. The molecule has 1 heterocycles. The molecule has 0 aliphatic rings. The highest BCUT2D eigenvalue weighted by Gasteiger charge is 2.10. The Bertz CT molecular complexity index is 1110. The second-order valence-electron chi connectivity index (χ2n) is 5.67. The number of carbonyl (C=O) groups is 2. The Balaban J connectivity index is 1.77. The van der Waals surface area contributed by atoms with E-state index in [0.29, 0.717) is 16.6 Å². The van der Waals surface area contributed by atoms with Crippen LogP contribution < -0.4 is 22.3 Å². The molecule has 0 unspecified atom stereocenters. The fourth-order valence-corrected chi connectivity index (χ4v) is 2.65. The van der Waals surface area contributed by atoms with Crippen molar-refractivity contribution in [3.63, 3.8) is 0 Å². The minimum absolute atomic E-state index is 0.0107. The topological polar surface area (TPSA) is 127 Å². The van der Waals surface area contributed by atoms with Gasteiger partial charge in [0.25, 0.3) is 5.56 Å². The zero-order valence-corrected chi connectivity index (χ0v) is 13.7. The van der Waals surface area contributed by atoms with Gasteiger partial charge >= 0.3 is 5.69 Å². The van der Waals surface area contributed by atoms with Crippen molar-refractivity contribution < 1.29 is 9.59 Å². The molecule has 4 N–H and O–H groups in total. The number of H-pyrrole nitrogens is 1. The Kier molecular flexibility index (Phi) is 4.66. The van der Waals surface area contributed by atoms with Gasteiger partial charge in [0.2, 0.25) is 11.8 Å². The molecule has 8 nitrogen and oxygen atoms in total. The van der Waals surface area contributed by atoms with Crippen LogP contribution in [0.5, 0.6) is 0 Å². The second kappa shape index (κ2) is 7.06. The quantitative estimate of drug-likeness (QED) is 0.628. The molecule has 0 bridgehead atoms. The number of hydrogen-bond donors (Lipinski definition) is 3. The average Bonchev–Trinajstić information content (AvgIpc) is 2.61. The van der Waals surface area contributed by atoms with Gasteiger partial charge in [-0.1, -0.05) is 18.2 Å². The van der Waals surface area contributed by atoms with E-state index >= 15 is 0 Å². The summed E-state index contributed by atoms with van der Waals surface area (Å²) in [5, 5.41) is 3.03. The second-order valence-corrected chi connectivity index (χ2v) is 5.67. The molecule has 0 aliphatic carbocycles. The van der Waals surface area contributed by atoms with Crippen LogP contribution in [-0.2, 0) is 11.3 Å². The monoisotopic (exact) mass is 352 g/mol. The van der Waals surface area contributed by atoms with Crippen LogP contribution in [0.15, 0.2) is 58.1 Å². The van der Waals surface area contributed by atoms with Crippen LogP contribution in [0.1, 0.15) is 16.8 Å². The lowest BCUT2D eigenvalue weighted by molar-refractivity contribution is -0.116. The maximum Gasteiger partial charge on any atom is 0.328 e. The minimum atomic E-state index is -0.590. The van der Waals surface area contributed by atoms with E-state index in [1.165, 1.54) is 10.6 Å². The first-order valence-corrected chi connectivity index (χ1v) is 7.87. The number of nitrogens with one attached hydrogen (secondary N) is 2. The van der Waals surface area contributed by atoms with Gasteiger partial charge in [-0.15, -0.1) is 0 Å². The normalized spacial score (nSPS) is 10.6. The molecule has 0 radical (unpaired) electrons. The number of hydrogen-bond acceptors (Lipinski definition) is 4. The van der Waals surface area contributed by atoms with E-state index in [9.17, 15) is 19.2 Å². The molecule has 0 aliphatic heterocycles. The Morgan fingerprint density at radius 2 is 1.85 bits per heavy atom. The number of aromatic nitrogens is 2. The first kappa shape index (κ1) is 17.2. The fraction of sp³-hybridized carbons (Fsp3) is 0.111. The van der Waals surface area contributed by atoms with Crippen molar-refractivity contribution >= 4 is 28.4 Å². The summed E-state index contributed by atoms with van der Waals surface area (Å²) < 4.78 is 1.34. The third kappa shape index (κ3) is 3.54.